The van der Waals surface area contributed by atoms with Crippen LogP contribution in [0.5, 0.6) is 0 Å². The summed E-state index contributed by atoms with van der Waals surface area (Å²) in [4.78, 5) is 1.47. The fourth-order valence-corrected chi connectivity index (χ4v) is 2.52. The Bertz CT molecular complexity index is 201. The van der Waals surface area contributed by atoms with Crippen LogP contribution in [-0.4, -0.2) is 0 Å². The summed E-state index contributed by atoms with van der Waals surface area (Å²) in [6.45, 7) is 4.54. The monoisotopic (exact) mass is 195 g/mol. The third kappa shape index (κ3) is 3.51. The Morgan fingerprint density at radius 1 is 1.31 bits per heavy atom. The van der Waals surface area contributed by atoms with Gasteiger partial charge >= 0.3 is 0 Å². The number of hydrogen-bond donors (Lipinski definition) is 0. The highest BCUT2D eigenvalue weighted by atomic mass is 32.1. The lowest BCUT2D eigenvalue weighted by molar-refractivity contribution is 0.547. The minimum Gasteiger partial charge on any atom is -0.148 e. The van der Waals surface area contributed by atoms with Crippen LogP contribution in [0.4, 0.5) is 0 Å². The van der Waals surface area contributed by atoms with Gasteiger partial charge in [0, 0.05) is 4.88 Å². The van der Waals surface area contributed by atoms with Crippen LogP contribution in [0.3, 0.4) is 0 Å². The highest BCUT2D eigenvalue weighted by Gasteiger charge is 2.10. The van der Waals surface area contributed by atoms with Gasteiger partial charge in [0.2, 0.25) is 0 Å². The predicted molar refractivity (Wildman–Crippen MR) is 60.3 cm³/mol. The first-order chi connectivity index (χ1) is 6.38. The zero-order chi connectivity index (χ0) is 9.52. The third-order valence-corrected chi connectivity index (χ3v) is 3.38. The molecule has 13 heavy (non-hydrogen) atoms. The van der Waals surface area contributed by atoms with Crippen LogP contribution < -0.4 is 0 Å². The van der Waals surface area contributed by atoms with Gasteiger partial charge in [-0.3, -0.25) is 0 Å². The average molecular weight is 195 g/mol. The van der Waals surface area contributed by atoms with Gasteiger partial charge in [0.1, 0.15) is 0 Å². The first-order valence-electron chi connectivity index (χ1n) is 5.33. The number of hydrogen-bond acceptors (Lipinski definition) is 1. The summed E-state index contributed by atoms with van der Waals surface area (Å²) < 4.78 is 0. The molecule has 0 spiro atoms. The Balaban J connectivity index is 2.47. The standard InChI is InChI=1S/C12H19S/c1-3-5-8-11(7-4-2)12-9-6-10-13-12/h6,10-11H,3-5,7-8H2,1-2H3. The van der Waals surface area contributed by atoms with Gasteiger partial charge in [0.25, 0.3) is 0 Å². The highest BCUT2D eigenvalue weighted by molar-refractivity contribution is 7.09. The average Bonchev–Trinajstić information content (AvgIpc) is 2.65. The molecule has 0 aromatic carbocycles. The molecule has 0 N–H and O–H groups in total. The molecule has 0 bridgehead atoms. The summed E-state index contributed by atoms with van der Waals surface area (Å²) in [6.07, 6.45) is 6.64. The highest BCUT2D eigenvalue weighted by Crippen LogP contribution is 2.29. The van der Waals surface area contributed by atoms with E-state index in [0.29, 0.717) is 0 Å². The maximum Gasteiger partial charge on any atom is 0.0155 e. The number of unbranched alkanes of at least 4 members (excludes halogenated alkanes) is 1. The first-order valence-corrected chi connectivity index (χ1v) is 6.21. The largest absolute Gasteiger partial charge is 0.148 e. The Morgan fingerprint density at radius 3 is 2.69 bits per heavy atom. The van der Waals surface area contributed by atoms with Crippen LogP contribution in [0.25, 0.3) is 0 Å². The minimum absolute atomic E-state index is 0.782. The van der Waals surface area contributed by atoms with Crippen molar-refractivity contribution in [3.8, 4) is 0 Å². The quantitative estimate of drug-likeness (QED) is 0.621. The molecule has 0 aliphatic rings. The zero-order valence-corrected chi connectivity index (χ0v) is 9.49. The van der Waals surface area contributed by atoms with Crippen LogP contribution in [-0.2, 0) is 0 Å². The zero-order valence-electron chi connectivity index (χ0n) is 8.68. The van der Waals surface area contributed by atoms with E-state index >= 15 is 0 Å². The maximum absolute atomic E-state index is 3.35. The SMILES string of the molecule is CCCCC(CCC)c1[c]ccs1. The van der Waals surface area contributed by atoms with Crippen molar-refractivity contribution >= 4 is 11.3 Å². The van der Waals surface area contributed by atoms with Crippen molar-refractivity contribution in [3.63, 3.8) is 0 Å². The van der Waals surface area contributed by atoms with E-state index in [1.165, 1.54) is 37.0 Å². The molecule has 73 valence electrons. The second-order valence-corrected chi connectivity index (χ2v) is 4.50. The summed E-state index contributed by atoms with van der Waals surface area (Å²) in [5, 5.41) is 2.14. The summed E-state index contributed by atoms with van der Waals surface area (Å²) in [6, 6.07) is 5.40. The molecule has 0 nitrogen and oxygen atoms in total. The minimum atomic E-state index is 0.782. The van der Waals surface area contributed by atoms with Gasteiger partial charge < -0.3 is 0 Å². The van der Waals surface area contributed by atoms with Crippen molar-refractivity contribution in [3.05, 3.63) is 22.4 Å². The molecule has 1 aromatic rings. The molecule has 0 saturated carbocycles. The smallest absolute Gasteiger partial charge is 0.0155 e. The van der Waals surface area contributed by atoms with Gasteiger partial charge in [0.05, 0.1) is 0 Å². The summed E-state index contributed by atoms with van der Waals surface area (Å²) in [7, 11) is 0. The molecule has 0 saturated heterocycles. The van der Waals surface area contributed by atoms with Gasteiger partial charge in [-0.15, -0.1) is 11.3 Å². The Morgan fingerprint density at radius 2 is 2.15 bits per heavy atom. The summed E-state index contributed by atoms with van der Waals surface area (Å²) >= 11 is 1.87. The van der Waals surface area contributed by atoms with Crippen LogP contribution >= 0.6 is 11.3 Å². The maximum atomic E-state index is 3.35. The lowest BCUT2D eigenvalue weighted by atomic mass is 9.96. The molecule has 0 aliphatic carbocycles. The van der Waals surface area contributed by atoms with E-state index in [1.807, 2.05) is 11.3 Å². The third-order valence-electron chi connectivity index (χ3n) is 2.40. The van der Waals surface area contributed by atoms with Crippen LogP contribution in [0.2, 0.25) is 0 Å². The number of thiophene rings is 1. The topological polar surface area (TPSA) is 0 Å². The molecular formula is C12H19S. The van der Waals surface area contributed by atoms with Crippen LogP contribution in [0.1, 0.15) is 56.7 Å². The Hall–Kier alpha value is -0.300. The molecule has 0 aliphatic heterocycles. The molecule has 1 rings (SSSR count). The molecule has 1 heterocycles. The summed E-state index contributed by atoms with van der Waals surface area (Å²) in [5.41, 5.74) is 0. The van der Waals surface area contributed by atoms with E-state index in [1.54, 1.807) is 0 Å². The van der Waals surface area contributed by atoms with Crippen molar-refractivity contribution in [2.45, 2.75) is 51.9 Å². The fourth-order valence-electron chi connectivity index (χ4n) is 1.68. The van der Waals surface area contributed by atoms with Crippen molar-refractivity contribution in [1.82, 2.24) is 0 Å². The summed E-state index contributed by atoms with van der Waals surface area (Å²) in [5.74, 6) is 0.782. The Labute approximate surface area is 86.0 Å². The predicted octanol–water partition coefficient (Wildman–Crippen LogP) is 4.62. The van der Waals surface area contributed by atoms with Gasteiger partial charge in [-0.2, -0.15) is 0 Å². The fraction of sp³-hybridized carbons (Fsp3) is 0.667. The van der Waals surface area contributed by atoms with Crippen molar-refractivity contribution in [2.24, 2.45) is 0 Å². The molecule has 0 fully saturated rings. The van der Waals surface area contributed by atoms with E-state index in [0.717, 1.165) is 5.92 Å². The van der Waals surface area contributed by atoms with Crippen LogP contribution in [0, 0.1) is 6.07 Å². The normalized spacial score (nSPS) is 13.1. The molecular weight excluding hydrogens is 176 g/mol. The van der Waals surface area contributed by atoms with Gasteiger partial charge in [-0.1, -0.05) is 33.1 Å². The Kier molecular flexibility index (Phi) is 5.14. The first kappa shape index (κ1) is 10.8. The molecule has 1 heteroatoms. The molecule has 1 radical (unpaired) electrons. The molecule has 1 aromatic heterocycles. The second-order valence-electron chi connectivity index (χ2n) is 3.56. The lowest BCUT2D eigenvalue weighted by Gasteiger charge is -2.13. The van der Waals surface area contributed by atoms with E-state index in [2.05, 4.69) is 31.4 Å². The van der Waals surface area contributed by atoms with Crippen molar-refractivity contribution in [2.75, 3.05) is 0 Å². The van der Waals surface area contributed by atoms with E-state index < -0.39 is 0 Å². The van der Waals surface area contributed by atoms with E-state index in [9.17, 15) is 0 Å². The molecule has 0 amide bonds. The van der Waals surface area contributed by atoms with Gasteiger partial charge in [0.15, 0.2) is 0 Å². The van der Waals surface area contributed by atoms with Crippen molar-refractivity contribution < 1.29 is 0 Å². The number of rotatable bonds is 6. The van der Waals surface area contributed by atoms with E-state index in [-0.39, 0.29) is 0 Å². The van der Waals surface area contributed by atoms with Gasteiger partial charge in [-0.05, 0) is 36.3 Å². The van der Waals surface area contributed by atoms with Gasteiger partial charge in [-0.25, -0.2) is 0 Å². The van der Waals surface area contributed by atoms with E-state index in [4.69, 9.17) is 0 Å². The van der Waals surface area contributed by atoms with Crippen LogP contribution in [0.15, 0.2) is 11.4 Å². The van der Waals surface area contributed by atoms with Crippen molar-refractivity contribution in [1.29, 1.82) is 0 Å². The molecule has 1 unspecified atom stereocenters. The lowest BCUT2D eigenvalue weighted by Crippen LogP contribution is -1.95. The molecule has 1 atom stereocenters. The second kappa shape index (κ2) is 6.20.